The number of carbonyl (C=O) groups is 2. The minimum Gasteiger partial charge on any atom is -0.503 e. The van der Waals surface area contributed by atoms with Crippen molar-refractivity contribution in [3.63, 3.8) is 0 Å². The van der Waals surface area contributed by atoms with Crippen molar-refractivity contribution < 1.29 is 29.3 Å². The number of benzene rings is 2. The van der Waals surface area contributed by atoms with Crippen LogP contribution in [-0.4, -0.2) is 56.3 Å². The van der Waals surface area contributed by atoms with Gasteiger partial charge in [-0.05, 0) is 97.5 Å². The van der Waals surface area contributed by atoms with Gasteiger partial charge < -0.3 is 29.7 Å². The first-order chi connectivity index (χ1) is 28.3. The van der Waals surface area contributed by atoms with E-state index in [1.165, 1.54) is 14.2 Å². The van der Waals surface area contributed by atoms with Gasteiger partial charge in [0.1, 0.15) is 11.4 Å². The van der Waals surface area contributed by atoms with Gasteiger partial charge in [-0.3, -0.25) is 0 Å². The Bertz CT molecular complexity index is 2560. The molecule has 0 amide bonds. The molecular formula is C48H50N4O6. The van der Waals surface area contributed by atoms with Crippen LogP contribution in [0.25, 0.3) is 68.0 Å². The van der Waals surface area contributed by atoms with Crippen LogP contribution in [0.4, 0.5) is 0 Å². The number of nitrogens with one attached hydrogen (secondary N) is 2. The Labute approximate surface area is 338 Å². The molecule has 2 aromatic carbocycles. The van der Waals surface area contributed by atoms with Gasteiger partial charge in [-0.1, -0.05) is 76.6 Å². The van der Waals surface area contributed by atoms with Crippen molar-refractivity contribution in [3.05, 3.63) is 118 Å². The number of nitrogens with zero attached hydrogens (tertiary/aromatic N) is 2. The molecule has 0 saturated heterocycles. The van der Waals surface area contributed by atoms with Gasteiger partial charge in [0.05, 0.1) is 36.7 Å². The molecule has 4 N–H and O–H groups in total. The molecule has 0 unspecified atom stereocenters. The number of aliphatic hydroxyl groups is 2. The fourth-order valence-electron chi connectivity index (χ4n) is 7.81. The van der Waals surface area contributed by atoms with E-state index in [1.54, 1.807) is 36.4 Å². The van der Waals surface area contributed by atoms with Crippen LogP contribution in [0.1, 0.15) is 120 Å². The van der Waals surface area contributed by atoms with Crippen LogP contribution in [0, 0.1) is 0 Å². The van der Waals surface area contributed by atoms with E-state index in [0.717, 1.165) is 108 Å². The highest BCUT2D eigenvalue weighted by Crippen LogP contribution is 2.39. The molecule has 2 aliphatic heterocycles. The number of aromatic nitrogens is 4. The second-order valence-corrected chi connectivity index (χ2v) is 14.8. The molecular weight excluding hydrogens is 729 g/mol. The number of hydrogen-bond acceptors (Lipinski definition) is 8. The zero-order valence-corrected chi connectivity index (χ0v) is 33.6. The summed E-state index contributed by atoms with van der Waals surface area (Å²) in [6.45, 7) is 4.36. The van der Waals surface area contributed by atoms with E-state index in [0.29, 0.717) is 39.9 Å². The van der Waals surface area contributed by atoms with Crippen LogP contribution in [0.15, 0.2) is 72.8 Å². The minimum absolute atomic E-state index is 0.216. The third kappa shape index (κ3) is 8.05. The molecule has 10 heteroatoms. The van der Waals surface area contributed by atoms with E-state index in [1.807, 2.05) is 42.5 Å². The Morgan fingerprint density at radius 2 is 1.00 bits per heavy atom. The highest BCUT2D eigenvalue weighted by Gasteiger charge is 2.27. The summed E-state index contributed by atoms with van der Waals surface area (Å²) in [5, 5.41) is 23.6. The molecule has 3 aromatic heterocycles. The molecule has 5 heterocycles. The van der Waals surface area contributed by atoms with Crippen molar-refractivity contribution in [2.24, 2.45) is 0 Å². The van der Waals surface area contributed by atoms with Gasteiger partial charge in [0, 0.05) is 44.3 Å². The molecule has 5 aromatic rings. The lowest BCUT2D eigenvalue weighted by molar-refractivity contribution is 0.0592. The molecule has 10 nitrogen and oxygen atoms in total. The van der Waals surface area contributed by atoms with Crippen LogP contribution >= 0.6 is 0 Å². The largest absolute Gasteiger partial charge is 0.503 e. The number of aromatic amines is 2. The number of rotatable bonds is 14. The highest BCUT2D eigenvalue weighted by atomic mass is 16.5. The highest BCUT2D eigenvalue weighted by molar-refractivity contribution is 5.99. The van der Waals surface area contributed by atoms with Crippen molar-refractivity contribution in [1.29, 1.82) is 0 Å². The fraction of sp³-hybridized carbons (Fsp3) is 0.292. The summed E-state index contributed by atoms with van der Waals surface area (Å²) in [4.78, 5) is 42.4. The van der Waals surface area contributed by atoms with E-state index in [9.17, 15) is 19.8 Å². The van der Waals surface area contributed by atoms with E-state index < -0.39 is 11.9 Å². The van der Waals surface area contributed by atoms with Gasteiger partial charge in [0.2, 0.25) is 0 Å². The average molecular weight is 779 g/mol. The number of H-pyrrole nitrogens is 2. The van der Waals surface area contributed by atoms with Gasteiger partial charge in [-0.15, -0.1) is 0 Å². The molecule has 0 saturated carbocycles. The number of aryl methyl sites for hydroxylation is 2. The van der Waals surface area contributed by atoms with E-state index >= 15 is 0 Å². The number of ether oxygens (including phenoxy) is 2. The zero-order valence-electron chi connectivity index (χ0n) is 33.6. The van der Waals surface area contributed by atoms with Gasteiger partial charge in [0.15, 0.2) is 11.5 Å². The first-order valence-electron chi connectivity index (χ1n) is 20.2. The summed E-state index contributed by atoms with van der Waals surface area (Å²) in [5.41, 5.74) is 10.8. The lowest BCUT2D eigenvalue weighted by Crippen LogP contribution is -2.00. The summed E-state index contributed by atoms with van der Waals surface area (Å²) in [5.74, 6) is -1.50. The van der Waals surface area contributed by atoms with Crippen LogP contribution < -0.4 is 0 Å². The maximum absolute atomic E-state index is 12.4. The Kier molecular flexibility index (Phi) is 12.2. The second-order valence-electron chi connectivity index (χ2n) is 14.8. The van der Waals surface area contributed by atoms with E-state index in [4.69, 9.17) is 19.4 Å². The molecule has 58 heavy (non-hydrogen) atoms. The molecule has 7 rings (SSSR count). The zero-order chi connectivity index (χ0) is 40.8. The van der Waals surface area contributed by atoms with Crippen LogP contribution in [0.5, 0.6) is 0 Å². The summed E-state index contributed by atoms with van der Waals surface area (Å²) in [7, 11) is 2.71. The van der Waals surface area contributed by atoms with Crippen molar-refractivity contribution in [3.8, 4) is 22.3 Å². The summed E-state index contributed by atoms with van der Waals surface area (Å²) < 4.78 is 9.93. The molecule has 0 aliphatic carbocycles. The molecule has 0 radical (unpaired) electrons. The van der Waals surface area contributed by atoms with Crippen molar-refractivity contribution in [2.45, 2.75) is 78.1 Å². The summed E-state index contributed by atoms with van der Waals surface area (Å²) in [6.07, 6.45) is 13.7. The number of aliphatic hydroxyl groups excluding tert-OH is 2. The maximum atomic E-state index is 12.4. The van der Waals surface area contributed by atoms with Gasteiger partial charge in [-0.2, -0.15) is 0 Å². The first-order valence-corrected chi connectivity index (χ1v) is 20.2. The number of hydrogen-bond donors (Lipinski definition) is 4. The second kappa shape index (κ2) is 17.8. The first kappa shape index (κ1) is 39.8. The van der Waals surface area contributed by atoms with Gasteiger partial charge in [-0.25, -0.2) is 19.6 Å². The standard InChI is InChI=1S/C48H50N4O6/c1-5-7-9-11-13-33-35-23-26-38(49-35)41(29-15-19-31(20-16-29)47(55)57-3)39-27-25-37(51-39)34(14-12-10-8-6-2)43-45(53)46(54)44(52-43)42(40-28-24-36(33)50-40)30-17-21-32(22-18-30)48(56)58-4/h15-28,50-51,53-54H,5-14H2,1-4H3. The lowest BCUT2D eigenvalue weighted by atomic mass is 10.0. The third-order valence-corrected chi connectivity index (χ3v) is 10.9. The van der Waals surface area contributed by atoms with E-state index in [-0.39, 0.29) is 17.2 Å². The van der Waals surface area contributed by atoms with Crippen LogP contribution in [-0.2, 0) is 22.3 Å². The Morgan fingerprint density at radius 3 is 1.55 bits per heavy atom. The Balaban J connectivity index is 1.58. The maximum Gasteiger partial charge on any atom is 0.337 e. The minimum atomic E-state index is -0.457. The molecule has 8 bridgehead atoms. The number of carbonyl (C=O) groups excluding carboxylic acids is 2. The topological polar surface area (TPSA) is 150 Å². The quantitative estimate of drug-likeness (QED) is 0.0630. The van der Waals surface area contributed by atoms with Gasteiger partial charge in [0.25, 0.3) is 0 Å². The normalized spacial score (nSPS) is 12.3. The molecule has 0 atom stereocenters. The van der Waals surface area contributed by atoms with Crippen LogP contribution in [0.2, 0.25) is 0 Å². The average Bonchev–Trinajstić information content (AvgIpc) is 4.08. The fourth-order valence-corrected chi connectivity index (χ4v) is 7.81. The third-order valence-electron chi connectivity index (χ3n) is 10.9. The SMILES string of the molecule is CCCCCCc1c2nc(c(-c3ccc(C(=O)OC)cc3)c3ccc([nH]3)c(CCCCCC)c3nc(c(-c4ccc(C(=O)OC)cc4)c4ccc1[nH]4)C(O)=C3O)C=C2. The number of esters is 2. The van der Waals surface area contributed by atoms with Crippen LogP contribution in [0.3, 0.4) is 0 Å². The summed E-state index contributed by atoms with van der Waals surface area (Å²) >= 11 is 0. The Morgan fingerprint density at radius 1 is 0.534 bits per heavy atom. The number of fused-ring (bicyclic) bond motifs is 8. The molecule has 298 valence electrons. The molecule has 0 spiro atoms. The summed E-state index contributed by atoms with van der Waals surface area (Å²) in [6, 6.07) is 22.3. The predicted molar refractivity (Wildman–Crippen MR) is 231 cm³/mol. The van der Waals surface area contributed by atoms with Crippen molar-refractivity contribution in [1.82, 2.24) is 19.9 Å². The predicted octanol–water partition coefficient (Wildman–Crippen LogP) is 11.6. The van der Waals surface area contributed by atoms with Gasteiger partial charge >= 0.3 is 11.9 Å². The van der Waals surface area contributed by atoms with Crippen molar-refractivity contribution >= 4 is 57.7 Å². The molecule has 0 fully saturated rings. The smallest absolute Gasteiger partial charge is 0.337 e. The lowest BCUT2D eigenvalue weighted by Gasteiger charge is -2.08. The number of unbranched alkanes of at least 4 members (excludes halogenated alkanes) is 6. The molecule has 2 aliphatic rings. The number of methoxy groups -OCH3 is 2. The van der Waals surface area contributed by atoms with E-state index in [2.05, 4.69) is 29.9 Å². The monoisotopic (exact) mass is 778 g/mol. The van der Waals surface area contributed by atoms with Crippen molar-refractivity contribution in [2.75, 3.05) is 14.2 Å². The Hall–Kier alpha value is -6.42.